The molecule has 2 aromatic rings. The molecule has 2 rings (SSSR count). The topological polar surface area (TPSA) is 73.3 Å². The highest BCUT2D eigenvalue weighted by Crippen LogP contribution is 2.18. The van der Waals surface area contributed by atoms with E-state index in [1.54, 1.807) is 12.1 Å². The van der Waals surface area contributed by atoms with Crippen molar-refractivity contribution in [2.75, 3.05) is 0 Å². The minimum atomic E-state index is -0.499. The fourth-order valence-corrected chi connectivity index (χ4v) is 2.24. The molecule has 0 saturated carbocycles. The number of nitrogens with zero attached hydrogens (tertiary/aromatic N) is 3. The van der Waals surface area contributed by atoms with Crippen molar-refractivity contribution in [3.05, 3.63) is 52.6 Å². The van der Waals surface area contributed by atoms with Crippen LogP contribution < -0.4 is 11.2 Å². The van der Waals surface area contributed by atoms with E-state index in [-0.39, 0.29) is 11.7 Å². The Morgan fingerprint density at radius 2 is 1.91 bits per heavy atom. The number of benzene rings is 1. The Labute approximate surface area is 139 Å². The second-order valence-electron chi connectivity index (χ2n) is 4.13. The van der Waals surface area contributed by atoms with E-state index in [4.69, 9.17) is 17.3 Å². The van der Waals surface area contributed by atoms with Gasteiger partial charge in [0.1, 0.15) is 11.7 Å². The van der Waals surface area contributed by atoms with Crippen LogP contribution in [0.5, 0.6) is 0 Å². The lowest BCUT2D eigenvalue weighted by Crippen LogP contribution is -2.30. The van der Waals surface area contributed by atoms with Gasteiger partial charge < -0.3 is 5.73 Å². The zero-order valence-corrected chi connectivity index (χ0v) is 14.4. The Morgan fingerprint density at radius 1 is 1.27 bits per heavy atom. The Hall–Kier alpha value is -1.79. The molecule has 5 nitrogen and oxygen atoms in total. The monoisotopic (exact) mass is 338 g/mol. The standard InChI is InChI=1S/C13H13ClN4OS.C2H6/c1-9-2-4-10(5-3-9)20-17-13-7-6-11(14)16-18(13)8-12(15)19;1-2/h2-7H,8H2,1H3,(H2,15,19);1-2H3. The third-order valence-corrected chi connectivity index (χ3v) is 3.38. The van der Waals surface area contributed by atoms with Crippen LogP contribution in [0.4, 0.5) is 0 Å². The van der Waals surface area contributed by atoms with Crippen molar-refractivity contribution in [3.63, 3.8) is 0 Å². The summed E-state index contributed by atoms with van der Waals surface area (Å²) in [5.74, 6) is -0.499. The van der Waals surface area contributed by atoms with Gasteiger partial charge in [-0.2, -0.15) is 9.50 Å². The summed E-state index contributed by atoms with van der Waals surface area (Å²) in [7, 11) is 0. The van der Waals surface area contributed by atoms with Crippen molar-refractivity contribution in [1.29, 1.82) is 0 Å². The molecule has 1 heterocycles. The first-order valence-electron chi connectivity index (χ1n) is 6.84. The zero-order valence-electron chi connectivity index (χ0n) is 12.8. The van der Waals surface area contributed by atoms with Gasteiger partial charge in [-0.3, -0.25) is 4.79 Å². The summed E-state index contributed by atoms with van der Waals surface area (Å²) < 4.78 is 5.73. The molecule has 0 saturated heterocycles. The Kier molecular flexibility index (Phi) is 7.70. The minimum absolute atomic E-state index is 0.0617. The van der Waals surface area contributed by atoms with Crippen molar-refractivity contribution < 1.29 is 4.79 Å². The molecule has 0 atom stereocenters. The number of primary amides is 1. The first-order chi connectivity index (χ1) is 10.5. The lowest BCUT2D eigenvalue weighted by atomic mass is 10.2. The lowest BCUT2D eigenvalue weighted by molar-refractivity contribution is -0.118. The maximum Gasteiger partial charge on any atom is 0.239 e. The van der Waals surface area contributed by atoms with E-state index in [1.165, 1.54) is 22.2 Å². The van der Waals surface area contributed by atoms with Gasteiger partial charge in [0.25, 0.3) is 0 Å². The molecule has 0 spiro atoms. The molecule has 118 valence electrons. The van der Waals surface area contributed by atoms with Crippen molar-refractivity contribution in [3.8, 4) is 0 Å². The Balaban J connectivity index is 0.00000116. The molecule has 0 fully saturated rings. The van der Waals surface area contributed by atoms with E-state index in [0.29, 0.717) is 5.49 Å². The van der Waals surface area contributed by atoms with Gasteiger partial charge >= 0.3 is 0 Å². The van der Waals surface area contributed by atoms with Crippen molar-refractivity contribution in [2.45, 2.75) is 32.2 Å². The van der Waals surface area contributed by atoms with Crippen LogP contribution in [0.2, 0.25) is 5.15 Å². The molecule has 7 heteroatoms. The van der Waals surface area contributed by atoms with Gasteiger partial charge in [-0.05, 0) is 31.2 Å². The third kappa shape index (κ3) is 5.91. The van der Waals surface area contributed by atoms with Gasteiger partial charge in [0.15, 0.2) is 5.49 Å². The number of aromatic nitrogens is 2. The summed E-state index contributed by atoms with van der Waals surface area (Å²) in [6.45, 7) is 5.96. The summed E-state index contributed by atoms with van der Waals surface area (Å²) in [6, 6.07) is 11.3. The van der Waals surface area contributed by atoms with Gasteiger partial charge in [0, 0.05) is 16.8 Å². The van der Waals surface area contributed by atoms with E-state index in [1.807, 2.05) is 45.0 Å². The molecule has 1 aromatic carbocycles. The molecule has 0 aliphatic rings. The van der Waals surface area contributed by atoms with Crippen LogP contribution in [-0.2, 0) is 11.3 Å². The number of hydrogen-bond acceptors (Lipinski definition) is 4. The minimum Gasteiger partial charge on any atom is -0.368 e. The molecule has 0 unspecified atom stereocenters. The normalized spacial score (nSPS) is 10.8. The number of rotatable bonds is 4. The van der Waals surface area contributed by atoms with Crippen molar-refractivity contribution in [2.24, 2.45) is 10.1 Å². The second-order valence-corrected chi connectivity index (χ2v) is 5.36. The summed E-state index contributed by atoms with van der Waals surface area (Å²) in [5, 5.41) is 4.30. The van der Waals surface area contributed by atoms with Crippen molar-refractivity contribution in [1.82, 2.24) is 9.78 Å². The van der Waals surface area contributed by atoms with Crippen LogP contribution >= 0.6 is 23.5 Å². The second kappa shape index (κ2) is 9.27. The van der Waals surface area contributed by atoms with E-state index in [0.717, 1.165) is 4.90 Å². The number of carbonyl (C=O) groups is 1. The molecular weight excluding hydrogens is 320 g/mol. The van der Waals surface area contributed by atoms with Gasteiger partial charge in [-0.1, -0.05) is 43.1 Å². The van der Waals surface area contributed by atoms with Crippen LogP contribution in [0, 0.1) is 6.92 Å². The van der Waals surface area contributed by atoms with Crippen LogP contribution in [0.3, 0.4) is 0 Å². The van der Waals surface area contributed by atoms with Crippen LogP contribution in [0.15, 0.2) is 45.7 Å². The highest BCUT2D eigenvalue weighted by Gasteiger charge is 2.02. The molecule has 0 bridgehead atoms. The number of hydrogen-bond donors (Lipinski definition) is 1. The fraction of sp³-hybridized carbons (Fsp3) is 0.267. The molecule has 1 aromatic heterocycles. The van der Waals surface area contributed by atoms with Gasteiger partial charge in [0.05, 0.1) is 0 Å². The predicted octanol–water partition coefficient (Wildman–Crippen LogP) is 2.96. The molecule has 2 N–H and O–H groups in total. The number of carbonyl (C=O) groups excluding carboxylic acids is 1. The van der Waals surface area contributed by atoms with E-state index >= 15 is 0 Å². The van der Waals surface area contributed by atoms with Crippen LogP contribution in [0.1, 0.15) is 19.4 Å². The van der Waals surface area contributed by atoms with Gasteiger partial charge in [-0.15, -0.1) is 0 Å². The number of amides is 1. The SMILES string of the molecule is CC.Cc1ccc(SN=c2ccc(Cl)nn2CC(N)=O)cc1. The van der Waals surface area contributed by atoms with Crippen LogP contribution in [-0.4, -0.2) is 15.7 Å². The molecular formula is C15H19ClN4OS. The van der Waals surface area contributed by atoms with E-state index < -0.39 is 5.91 Å². The molecule has 0 aliphatic carbocycles. The first-order valence-corrected chi connectivity index (χ1v) is 7.99. The average Bonchev–Trinajstić information content (AvgIpc) is 2.49. The zero-order chi connectivity index (χ0) is 16.5. The van der Waals surface area contributed by atoms with Gasteiger partial charge in [0.2, 0.25) is 5.91 Å². The Morgan fingerprint density at radius 3 is 2.50 bits per heavy atom. The largest absolute Gasteiger partial charge is 0.368 e. The maximum atomic E-state index is 11.0. The average molecular weight is 339 g/mol. The molecule has 0 radical (unpaired) electrons. The number of halogens is 1. The fourth-order valence-electron chi connectivity index (χ4n) is 1.47. The third-order valence-electron chi connectivity index (χ3n) is 2.42. The summed E-state index contributed by atoms with van der Waals surface area (Å²) in [4.78, 5) is 12.0. The number of nitrogens with two attached hydrogens (primary N) is 1. The quantitative estimate of drug-likeness (QED) is 0.871. The summed E-state index contributed by atoms with van der Waals surface area (Å²) >= 11 is 7.10. The highest BCUT2D eigenvalue weighted by molar-refractivity contribution is 7.98. The molecule has 1 amide bonds. The highest BCUT2D eigenvalue weighted by atomic mass is 35.5. The molecule has 0 aliphatic heterocycles. The summed E-state index contributed by atoms with van der Waals surface area (Å²) in [5.41, 5.74) is 6.89. The smallest absolute Gasteiger partial charge is 0.239 e. The first kappa shape index (κ1) is 18.3. The van der Waals surface area contributed by atoms with Gasteiger partial charge in [-0.25, -0.2) is 4.68 Å². The molecule has 22 heavy (non-hydrogen) atoms. The predicted molar refractivity (Wildman–Crippen MR) is 90.4 cm³/mol. The Bertz CT molecular complexity index is 683. The van der Waals surface area contributed by atoms with E-state index in [9.17, 15) is 4.79 Å². The number of aryl methyl sites for hydroxylation is 1. The van der Waals surface area contributed by atoms with Crippen LogP contribution in [0.25, 0.3) is 0 Å². The lowest BCUT2D eigenvalue weighted by Gasteiger charge is -2.03. The maximum absolute atomic E-state index is 11.0. The summed E-state index contributed by atoms with van der Waals surface area (Å²) in [6.07, 6.45) is 0. The van der Waals surface area contributed by atoms with Crippen molar-refractivity contribution >= 4 is 29.5 Å². The van der Waals surface area contributed by atoms with E-state index in [2.05, 4.69) is 9.50 Å².